The van der Waals surface area contributed by atoms with E-state index in [9.17, 15) is 9.90 Å². The van der Waals surface area contributed by atoms with E-state index in [1.165, 1.54) is 18.5 Å². The molecule has 0 amide bonds. The van der Waals surface area contributed by atoms with E-state index in [4.69, 9.17) is 10.8 Å². The minimum atomic E-state index is -1.08. The summed E-state index contributed by atoms with van der Waals surface area (Å²) in [6.45, 7) is 1.55. The van der Waals surface area contributed by atoms with Gasteiger partial charge in [-0.15, -0.1) is 0 Å². The molecule has 0 spiro atoms. The number of aromatic nitrogens is 1. The molecule has 0 aromatic carbocycles. The molecule has 4 N–H and O–H groups in total. The maximum Gasteiger partial charge on any atom is 0.305 e. The third-order valence-electron chi connectivity index (χ3n) is 1.93. The second-order valence-electron chi connectivity index (χ2n) is 3.38. The SMILES string of the molecule is CC(N)(CC(=O)O)c1ccncc1O. The van der Waals surface area contributed by atoms with Gasteiger partial charge in [-0.05, 0) is 13.0 Å². The molecule has 0 radical (unpaired) electrons. The molecule has 1 rings (SSSR count). The maximum absolute atomic E-state index is 10.5. The molecule has 0 bridgehead atoms. The molecule has 76 valence electrons. The van der Waals surface area contributed by atoms with Gasteiger partial charge in [0.25, 0.3) is 0 Å². The zero-order valence-corrected chi connectivity index (χ0v) is 7.77. The average molecular weight is 196 g/mol. The zero-order chi connectivity index (χ0) is 10.8. The summed E-state index contributed by atoms with van der Waals surface area (Å²) in [7, 11) is 0. The number of nitrogens with zero attached hydrogens (tertiary/aromatic N) is 1. The van der Waals surface area contributed by atoms with Gasteiger partial charge in [0, 0.05) is 11.8 Å². The Labute approximate surface area is 81.2 Å². The van der Waals surface area contributed by atoms with Crippen LogP contribution in [0.2, 0.25) is 0 Å². The largest absolute Gasteiger partial charge is 0.506 e. The lowest BCUT2D eigenvalue weighted by atomic mass is 9.90. The van der Waals surface area contributed by atoms with Gasteiger partial charge >= 0.3 is 5.97 Å². The Hall–Kier alpha value is -1.62. The Bertz CT molecular complexity index is 350. The summed E-state index contributed by atoms with van der Waals surface area (Å²) >= 11 is 0. The van der Waals surface area contributed by atoms with Crippen LogP contribution in [0.25, 0.3) is 0 Å². The van der Waals surface area contributed by atoms with Gasteiger partial charge in [0.05, 0.1) is 18.2 Å². The minimum Gasteiger partial charge on any atom is -0.506 e. The van der Waals surface area contributed by atoms with Crippen LogP contribution in [0.5, 0.6) is 5.75 Å². The van der Waals surface area contributed by atoms with Crippen molar-refractivity contribution in [3.63, 3.8) is 0 Å². The monoisotopic (exact) mass is 196 g/mol. The van der Waals surface area contributed by atoms with Crippen molar-refractivity contribution in [2.45, 2.75) is 18.9 Å². The second kappa shape index (κ2) is 3.63. The van der Waals surface area contributed by atoms with Crippen molar-refractivity contribution in [1.82, 2.24) is 4.98 Å². The first-order chi connectivity index (χ1) is 6.43. The van der Waals surface area contributed by atoms with Crippen LogP contribution in [0.4, 0.5) is 0 Å². The first-order valence-electron chi connectivity index (χ1n) is 4.07. The van der Waals surface area contributed by atoms with Gasteiger partial charge < -0.3 is 15.9 Å². The van der Waals surface area contributed by atoms with E-state index >= 15 is 0 Å². The standard InChI is InChI=1S/C9H12N2O3/c1-9(10,4-8(13)14)6-2-3-11-5-7(6)12/h2-3,5,12H,4,10H2,1H3,(H,13,14). The van der Waals surface area contributed by atoms with Gasteiger partial charge in [-0.2, -0.15) is 0 Å². The molecular formula is C9H12N2O3. The van der Waals surface area contributed by atoms with Crippen LogP contribution in [0.3, 0.4) is 0 Å². The van der Waals surface area contributed by atoms with Crippen LogP contribution in [-0.2, 0) is 10.3 Å². The Kier molecular flexibility index (Phi) is 2.71. The number of aromatic hydroxyl groups is 1. The molecule has 5 nitrogen and oxygen atoms in total. The van der Waals surface area contributed by atoms with Crippen molar-refractivity contribution >= 4 is 5.97 Å². The number of carbonyl (C=O) groups is 1. The predicted molar refractivity (Wildman–Crippen MR) is 49.7 cm³/mol. The number of hydrogen-bond donors (Lipinski definition) is 3. The lowest BCUT2D eigenvalue weighted by Gasteiger charge is -2.23. The summed E-state index contributed by atoms with van der Waals surface area (Å²) in [5.74, 6) is -1.09. The molecule has 0 saturated carbocycles. The summed E-state index contributed by atoms with van der Waals surface area (Å²) in [5, 5.41) is 18.0. The normalized spacial score (nSPS) is 14.7. The fourth-order valence-electron chi connectivity index (χ4n) is 1.28. The number of hydrogen-bond acceptors (Lipinski definition) is 4. The van der Waals surface area contributed by atoms with Gasteiger partial charge in [0.1, 0.15) is 5.75 Å². The van der Waals surface area contributed by atoms with Gasteiger partial charge in [-0.25, -0.2) is 0 Å². The zero-order valence-electron chi connectivity index (χ0n) is 7.77. The smallest absolute Gasteiger partial charge is 0.305 e. The predicted octanol–water partition coefficient (Wildman–Crippen LogP) is 0.436. The number of pyridine rings is 1. The average Bonchev–Trinajstić information content (AvgIpc) is 2.02. The minimum absolute atomic E-state index is 0.0845. The highest BCUT2D eigenvalue weighted by Gasteiger charge is 2.27. The van der Waals surface area contributed by atoms with Gasteiger partial charge in [0.2, 0.25) is 0 Å². The number of rotatable bonds is 3. The molecule has 0 aliphatic carbocycles. The van der Waals surface area contributed by atoms with Crippen molar-refractivity contribution in [1.29, 1.82) is 0 Å². The van der Waals surface area contributed by atoms with Gasteiger partial charge in [-0.1, -0.05) is 0 Å². The molecular weight excluding hydrogens is 184 g/mol. The molecule has 5 heteroatoms. The van der Waals surface area contributed by atoms with E-state index in [-0.39, 0.29) is 12.2 Å². The number of carboxylic acids is 1. The van der Waals surface area contributed by atoms with Crippen LogP contribution < -0.4 is 5.73 Å². The van der Waals surface area contributed by atoms with E-state index in [1.54, 1.807) is 6.92 Å². The first kappa shape index (κ1) is 10.5. The highest BCUT2D eigenvalue weighted by atomic mass is 16.4. The molecule has 14 heavy (non-hydrogen) atoms. The lowest BCUT2D eigenvalue weighted by molar-refractivity contribution is -0.138. The molecule has 1 aromatic heterocycles. The van der Waals surface area contributed by atoms with E-state index < -0.39 is 11.5 Å². The summed E-state index contributed by atoms with van der Waals surface area (Å²) in [6, 6.07) is 1.51. The van der Waals surface area contributed by atoms with Crippen molar-refractivity contribution in [2.75, 3.05) is 0 Å². The fraction of sp³-hybridized carbons (Fsp3) is 0.333. The number of carboxylic acid groups (broad SMARTS) is 1. The summed E-state index contributed by atoms with van der Waals surface area (Å²) in [6.07, 6.45) is 2.45. The number of aliphatic carboxylic acids is 1. The third kappa shape index (κ3) is 2.20. The molecule has 0 fully saturated rings. The van der Waals surface area contributed by atoms with Crippen LogP contribution in [0.15, 0.2) is 18.5 Å². The number of nitrogens with two attached hydrogens (primary N) is 1. The van der Waals surface area contributed by atoms with Crippen LogP contribution >= 0.6 is 0 Å². The molecule has 0 saturated heterocycles. The lowest BCUT2D eigenvalue weighted by Crippen LogP contribution is -2.35. The molecule has 0 aliphatic rings. The Morgan fingerprint density at radius 3 is 2.86 bits per heavy atom. The highest BCUT2D eigenvalue weighted by molar-refractivity contribution is 5.69. The molecule has 1 aromatic rings. The molecule has 0 aliphatic heterocycles. The van der Waals surface area contributed by atoms with Crippen molar-refractivity contribution in [3.8, 4) is 5.75 Å². The quantitative estimate of drug-likeness (QED) is 0.651. The van der Waals surface area contributed by atoms with Crippen LogP contribution in [0, 0.1) is 0 Å². The van der Waals surface area contributed by atoms with E-state index in [1.807, 2.05) is 0 Å². The second-order valence-corrected chi connectivity index (χ2v) is 3.38. The molecule has 1 unspecified atom stereocenters. The summed E-state index contributed by atoms with van der Waals surface area (Å²) < 4.78 is 0. The van der Waals surface area contributed by atoms with Crippen LogP contribution in [0.1, 0.15) is 18.9 Å². The molecule has 1 atom stereocenters. The summed E-state index contributed by atoms with van der Waals surface area (Å²) in [5.41, 5.74) is 5.07. The Morgan fingerprint density at radius 2 is 2.36 bits per heavy atom. The topological polar surface area (TPSA) is 96.4 Å². The highest BCUT2D eigenvalue weighted by Crippen LogP contribution is 2.28. The fourth-order valence-corrected chi connectivity index (χ4v) is 1.28. The van der Waals surface area contributed by atoms with Gasteiger partial charge in [0.15, 0.2) is 0 Å². The molecule has 1 heterocycles. The third-order valence-corrected chi connectivity index (χ3v) is 1.93. The van der Waals surface area contributed by atoms with Gasteiger partial charge in [-0.3, -0.25) is 9.78 Å². The van der Waals surface area contributed by atoms with Crippen molar-refractivity contribution in [2.24, 2.45) is 5.73 Å². The van der Waals surface area contributed by atoms with E-state index in [0.29, 0.717) is 5.56 Å². The Morgan fingerprint density at radius 1 is 1.71 bits per heavy atom. The maximum atomic E-state index is 10.5. The Balaban J connectivity index is 3.03. The van der Waals surface area contributed by atoms with Crippen LogP contribution in [-0.4, -0.2) is 21.2 Å². The van der Waals surface area contributed by atoms with Crippen molar-refractivity contribution < 1.29 is 15.0 Å². The summed E-state index contributed by atoms with van der Waals surface area (Å²) in [4.78, 5) is 14.2. The first-order valence-corrected chi connectivity index (χ1v) is 4.07. The van der Waals surface area contributed by atoms with E-state index in [0.717, 1.165) is 0 Å². The van der Waals surface area contributed by atoms with E-state index in [2.05, 4.69) is 4.98 Å². The van der Waals surface area contributed by atoms with Crippen molar-refractivity contribution in [3.05, 3.63) is 24.0 Å².